The number of nitrogens with one attached hydrogen (secondary N) is 1. The fraction of sp³-hybridized carbons (Fsp3) is 0.143. The molecule has 0 atom stereocenters. The van der Waals surface area contributed by atoms with E-state index >= 15 is 0 Å². The second-order valence-corrected chi connectivity index (χ2v) is 7.16. The van der Waals surface area contributed by atoms with Crippen molar-refractivity contribution in [2.24, 2.45) is 0 Å². The van der Waals surface area contributed by atoms with E-state index in [-0.39, 0.29) is 5.91 Å². The molecule has 0 bridgehead atoms. The van der Waals surface area contributed by atoms with E-state index in [4.69, 9.17) is 9.47 Å². The second-order valence-electron chi connectivity index (χ2n) is 5.91. The van der Waals surface area contributed by atoms with Gasteiger partial charge >= 0.3 is 0 Å². The minimum Gasteiger partial charge on any atom is -0.457 e. The number of benzene rings is 2. The van der Waals surface area contributed by atoms with E-state index in [1.165, 1.54) is 0 Å². The molecule has 0 saturated carbocycles. The van der Waals surface area contributed by atoms with Gasteiger partial charge in [-0.2, -0.15) is 0 Å². The number of rotatable bonds is 6. The SMILES string of the molecule is COCc1ccc(C(=O)Nc2cccc(Oc3cccc(I)c3)c2)c(C)n1. The number of anilines is 1. The molecule has 6 heteroatoms. The van der Waals surface area contributed by atoms with E-state index in [1.54, 1.807) is 25.3 Å². The van der Waals surface area contributed by atoms with Crippen molar-refractivity contribution >= 4 is 34.2 Å². The lowest BCUT2D eigenvalue weighted by atomic mass is 10.1. The maximum Gasteiger partial charge on any atom is 0.257 e. The topological polar surface area (TPSA) is 60.5 Å². The molecule has 0 aliphatic carbocycles. The molecule has 0 aliphatic heterocycles. The maximum atomic E-state index is 12.6. The first-order chi connectivity index (χ1) is 13.0. The highest BCUT2D eigenvalue weighted by atomic mass is 127. The monoisotopic (exact) mass is 474 g/mol. The molecular weight excluding hydrogens is 455 g/mol. The van der Waals surface area contributed by atoms with Gasteiger partial charge in [-0.05, 0) is 72.0 Å². The van der Waals surface area contributed by atoms with Crippen molar-refractivity contribution < 1.29 is 14.3 Å². The van der Waals surface area contributed by atoms with Crippen LogP contribution in [0.15, 0.2) is 60.7 Å². The zero-order valence-corrected chi connectivity index (χ0v) is 17.2. The first-order valence-electron chi connectivity index (χ1n) is 8.35. The average Bonchev–Trinajstić information content (AvgIpc) is 2.62. The van der Waals surface area contributed by atoms with Crippen LogP contribution in [0.4, 0.5) is 5.69 Å². The summed E-state index contributed by atoms with van der Waals surface area (Å²) in [7, 11) is 1.61. The summed E-state index contributed by atoms with van der Waals surface area (Å²) < 4.78 is 12.0. The largest absolute Gasteiger partial charge is 0.457 e. The van der Waals surface area contributed by atoms with Crippen LogP contribution in [-0.2, 0) is 11.3 Å². The Morgan fingerprint density at radius 2 is 1.81 bits per heavy atom. The Morgan fingerprint density at radius 3 is 2.52 bits per heavy atom. The zero-order valence-electron chi connectivity index (χ0n) is 15.0. The number of amides is 1. The highest BCUT2D eigenvalue weighted by Crippen LogP contribution is 2.25. The molecular formula is C21H19IN2O3. The summed E-state index contributed by atoms with van der Waals surface area (Å²) in [6.07, 6.45) is 0. The van der Waals surface area contributed by atoms with Crippen molar-refractivity contribution in [2.75, 3.05) is 12.4 Å². The minimum absolute atomic E-state index is 0.213. The maximum absolute atomic E-state index is 12.6. The van der Waals surface area contributed by atoms with Crippen LogP contribution in [0.1, 0.15) is 21.7 Å². The molecule has 3 aromatic rings. The van der Waals surface area contributed by atoms with Crippen LogP contribution in [0.5, 0.6) is 11.5 Å². The van der Waals surface area contributed by atoms with Gasteiger partial charge in [0, 0.05) is 22.4 Å². The van der Waals surface area contributed by atoms with Crippen molar-refractivity contribution in [3.05, 3.63) is 81.2 Å². The van der Waals surface area contributed by atoms with Crippen molar-refractivity contribution in [2.45, 2.75) is 13.5 Å². The number of aryl methyl sites for hydroxylation is 1. The highest BCUT2D eigenvalue weighted by Gasteiger charge is 2.11. The lowest BCUT2D eigenvalue weighted by Crippen LogP contribution is -2.14. The van der Waals surface area contributed by atoms with Crippen molar-refractivity contribution in [1.29, 1.82) is 0 Å². The Hall–Kier alpha value is -2.45. The number of hydrogen-bond acceptors (Lipinski definition) is 4. The summed E-state index contributed by atoms with van der Waals surface area (Å²) in [5.74, 6) is 1.19. The number of carbonyl (C=O) groups is 1. The standard InChI is InChI=1S/C21H19IN2O3/c1-14-20(10-9-17(23-14)13-26-2)21(25)24-16-6-4-8-19(12-16)27-18-7-3-5-15(22)11-18/h3-12H,13H2,1-2H3,(H,24,25). The van der Waals surface area contributed by atoms with Crippen molar-refractivity contribution in [3.63, 3.8) is 0 Å². The Kier molecular flexibility index (Phi) is 6.41. The highest BCUT2D eigenvalue weighted by molar-refractivity contribution is 14.1. The van der Waals surface area contributed by atoms with Crippen LogP contribution in [0.2, 0.25) is 0 Å². The zero-order chi connectivity index (χ0) is 19.2. The Bertz CT molecular complexity index is 960. The molecule has 0 radical (unpaired) electrons. The summed E-state index contributed by atoms with van der Waals surface area (Å²) in [6, 6.07) is 18.6. The number of hydrogen-bond donors (Lipinski definition) is 1. The molecule has 0 saturated heterocycles. The van der Waals surface area contributed by atoms with Gasteiger partial charge < -0.3 is 14.8 Å². The lowest BCUT2D eigenvalue weighted by molar-refractivity contribution is 0.102. The Morgan fingerprint density at radius 1 is 1.07 bits per heavy atom. The molecule has 1 heterocycles. The van der Waals surface area contributed by atoms with Gasteiger partial charge in [0.1, 0.15) is 11.5 Å². The number of halogens is 1. The summed E-state index contributed by atoms with van der Waals surface area (Å²) in [4.78, 5) is 17.0. The normalized spacial score (nSPS) is 10.5. The predicted octanol–water partition coefficient (Wildman–Crippen LogP) is 5.19. The quantitative estimate of drug-likeness (QED) is 0.500. The van der Waals surface area contributed by atoms with E-state index in [1.807, 2.05) is 49.4 Å². The van der Waals surface area contributed by atoms with Gasteiger partial charge in [-0.1, -0.05) is 12.1 Å². The third-order valence-corrected chi connectivity index (χ3v) is 4.48. The number of ether oxygens (including phenoxy) is 2. The van der Waals surface area contributed by atoms with Gasteiger partial charge in [0.25, 0.3) is 5.91 Å². The van der Waals surface area contributed by atoms with Crippen LogP contribution in [0.25, 0.3) is 0 Å². The van der Waals surface area contributed by atoms with E-state index < -0.39 is 0 Å². The molecule has 1 N–H and O–H groups in total. The van der Waals surface area contributed by atoms with Crippen LogP contribution >= 0.6 is 22.6 Å². The summed E-state index contributed by atoms with van der Waals surface area (Å²) in [6.45, 7) is 2.23. The lowest BCUT2D eigenvalue weighted by Gasteiger charge is -2.11. The van der Waals surface area contributed by atoms with Gasteiger partial charge in [0.2, 0.25) is 0 Å². The van der Waals surface area contributed by atoms with E-state index in [0.717, 1.165) is 15.0 Å². The molecule has 1 amide bonds. The summed E-state index contributed by atoms with van der Waals surface area (Å²) in [5.41, 5.74) is 2.63. The smallest absolute Gasteiger partial charge is 0.257 e. The minimum atomic E-state index is -0.213. The first kappa shape index (κ1) is 19.3. The Labute approximate surface area is 171 Å². The third-order valence-electron chi connectivity index (χ3n) is 3.80. The molecule has 0 fully saturated rings. The molecule has 5 nitrogen and oxygen atoms in total. The van der Waals surface area contributed by atoms with Crippen LogP contribution in [0, 0.1) is 10.5 Å². The molecule has 0 aliphatic rings. The summed E-state index contributed by atoms with van der Waals surface area (Å²) in [5, 5.41) is 2.90. The molecule has 1 aromatic heterocycles. The molecule has 138 valence electrons. The molecule has 0 spiro atoms. The van der Waals surface area contributed by atoms with Crippen LogP contribution in [-0.4, -0.2) is 18.0 Å². The van der Waals surface area contributed by atoms with Gasteiger partial charge in [-0.3, -0.25) is 9.78 Å². The van der Waals surface area contributed by atoms with Gasteiger partial charge in [0.05, 0.1) is 23.6 Å². The molecule has 3 rings (SSSR count). The van der Waals surface area contributed by atoms with Gasteiger partial charge in [0.15, 0.2) is 0 Å². The number of nitrogens with zero attached hydrogens (tertiary/aromatic N) is 1. The van der Waals surface area contributed by atoms with E-state index in [9.17, 15) is 4.79 Å². The van der Waals surface area contributed by atoms with Crippen molar-refractivity contribution in [3.8, 4) is 11.5 Å². The number of carbonyl (C=O) groups excluding carboxylic acids is 1. The molecule has 0 unspecified atom stereocenters. The Balaban J connectivity index is 1.73. The predicted molar refractivity (Wildman–Crippen MR) is 113 cm³/mol. The number of methoxy groups -OCH3 is 1. The fourth-order valence-corrected chi connectivity index (χ4v) is 3.10. The molecule has 27 heavy (non-hydrogen) atoms. The number of aromatic nitrogens is 1. The van der Waals surface area contributed by atoms with Gasteiger partial charge in [-0.25, -0.2) is 0 Å². The first-order valence-corrected chi connectivity index (χ1v) is 9.43. The number of pyridine rings is 1. The second kappa shape index (κ2) is 8.96. The third kappa shape index (κ3) is 5.27. The fourth-order valence-electron chi connectivity index (χ4n) is 2.58. The van der Waals surface area contributed by atoms with Crippen molar-refractivity contribution in [1.82, 2.24) is 4.98 Å². The van der Waals surface area contributed by atoms with Gasteiger partial charge in [-0.15, -0.1) is 0 Å². The summed E-state index contributed by atoms with van der Waals surface area (Å²) >= 11 is 2.24. The van der Waals surface area contributed by atoms with Crippen LogP contribution in [0.3, 0.4) is 0 Å². The molecule has 2 aromatic carbocycles. The average molecular weight is 474 g/mol. The van der Waals surface area contributed by atoms with E-state index in [0.29, 0.717) is 29.3 Å². The van der Waals surface area contributed by atoms with Crippen LogP contribution < -0.4 is 10.1 Å². The van der Waals surface area contributed by atoms with E-state index in [2.05, 4.69) is 32.9 Å².